The molecule has 0 radical (unpaired) electrons. The van der Waals surface area contributed by atoms with E-state index < -0.39 is 6.10 Å². The van der Waals surface area contributed by atoms with Crippen LogP contribution in [0.25, 0.3) is 11.5 Å². The van der Waals surface area contributed by atoms with Crippen LogP contribution in [0, 0.1) is 6.92 Å². The number of fused-ring (bicyclic) bond motifs is 1. The summed E-state index contributed by atoms with van der Waals surface area (Å²) < 4.78 is 11.4. The summed E-state index contributed by atoms with van der Waals surface area (Å²) in [4.78, 5) is 16.7. The number of aryl methyl sites for hydroxylation is 1. The summed E-state index contributed by atoms with van der Waals surface area (Å²) in [6.45, 7) is 2.25. The van der Waals surface area contributed by atoms with E-state index in [0.29, 0.717) is 35.3 Å². The number of carbonyl (C=O) groups is 1. The molecule has 25 heavy (non-hydrogen) atoms. The van der Waals surface area contributed by atoms with Crippen molar-refractivity contribution in [3.05, 3.63) is 57.1 Å². The van der Waals surface area contributed by atoms with E-state index in [-0.39, 0.29) is 5.91 Å². The topological polar surface area (TPSA) is 64.4 Å². The number of ether oxygens (including phenoxy) is 1. The van der Waals surface area contributed by atoms with Crippen molar-refractivity contribution in [3.8, 4) is 17.2 Å². The first-order chi connectivity index (χ1) is 12.1. The normalized spacial score (nSPS) is 15.7. The second-order valence-corrected chi connectivity index (χ2v) is 7.30. The molecule has 0 bridgehead atoms. The van der Waals surface area contributed by atoms with Crippen LogP contribution in [0.2, 0.25) is 5.02 Å². The van der Waals surface area contributed by atoms with Crippen LogP contribution in [0.5, 0.6) is 5.75 Å². The SMILES string of the molecule is Cc1nc(-c2ccc(CNC(=O)C3Cc4cc(Cl)ccc4O3)o2)cs1. The molecule has 1 aromatic carbocycles. The Labute approximate surface area is 153 Å². The second kappa shape index (κ2) is 6.54. The van der Waals surface area contributed by atoms with E-state index in [1.54, 1.807) is 23.5 Å². The molecule has 0 saturated heterocycles. The summed E-state index contributed by atoms with van der Waals surface area (Å²) in [5.41, 5.74) is 1.76. The van der Waals surface area contributed by atoms with E-state index in [2.05, 4.69) is 10.3 Å². The van der Waals surface area contributed by atoms with Gasteiger partial charge in [-0.1, -0.05) is 11.6 Å². The van der Waals surface area contributed by atoms with Crippen LogP contribution in [0.1, 0.15) is 16.3 Å². The number of rotatable bonds is 4. The first-order valence-corrected chi connectivity index (χ1v) is 9.08. The lowest BCUT2D eigenvalue weighted by atomic mass is 10.1. The molecule has 0 spiro atoms. The lowest BCUT2D eigenvalue weighted by molar-refractivity contribution is -0.127. The molecule has 0 fully saturated rings. The van der Waals surface area contributed by atoms with Gasteiger partial charge in [-0.25, -0.2) is 4.98 Å². The summed E-state index contributed by atoms with van der Waals surface area (Å²) in [7, 11) is 0. The van der Waals surface area contributed by atoms with Crippen LogP contribution in [-0.2, 0) is 17.8 Å². The third-order valence-corrected chi connectivity index (χ3v) is 4.97. The molecule has 4 rings (SSSR count). The molecular weight excluding hydrogens is 360 g/mol. The van der Waals surface area contributed by atoms with Crippen molar-refractivity contribution in [2.24, 2.45) is 0 Å². The first-order valence-electron chi connectivity index (χ1n) is 7.82. The number of benzene rings is 1. The van der Waals surface area contributed by atoms with Crippen LogP contribution in [0.3, 0.4) is 0 Å². The maximum absolute atomic E-state index is 12.3. The number of nitrogens with one attached hydrogen (secondary N) is 1. The number of halogens is 1. The summed E-state index contributed by atoms with van der Waals surface area (Å²) in [5.74, 6) is 1.92. The van der Waals surface area contributed by atoms with Crippen LogP contribution in [-0.4, -0.2) is 17.0 Å². The smallest absolute Gasteiger partial charge is 0.261 e. The molecule has 128 valence electrons. The highest BCUT2D eigenvalue weighted by atomic mass is 35.5. The monoisotopic (exact) mass is 374 g/mol. The highest BCUT2D eigenvalue weighted by molar-refractivity contribution is 7.09. The quantitative estimate of drug-likeness (QED) is 0.750. The van der Waals surface area contributed by atoms with Crippen molar-refractivity contribution < 1.29 is 13.9 Å². The fourth-order valence-corrected chi connectivity index (χ4v) is 3.54. The molecule has 1 unspecified atom stereocenters. The Balaban J connectivity index is 1.36. The molecule has 0 aliphatic carbocycles. The summed E-state index contributed by atoms with van der Waals surface area (Å²) in [6, 6.07) is 9.08. The van der Waals surface area contributed by atoms with Gasteiger partial charge >= 0.3 is 0 Å². The molecule has 1 atom stereocenters. The van der Waals surface area contributed by atoms with Gasteiger partial charge in [-0.15, -0.1) is 11.3 Å². The molecule has 1 aliphatic rings. The van der Waals surface area contributed by atoms with Crippen molar-refractivity contribution in [1.82, 2.24) is 10.3 Å². The maximum atomic E-state index is 12.3. The third kappa shape index (κ3) is 3.41. The minimum atomic E-state index is -0.538. The van der Waals surface area contributed by atoms with E-state index in [9.17, 15) is 4.79 Å². The van der Waals surface area contributed by atoms with Gasteiger partial charge in [0.1, 0.15) is 17.2 Å². The number of hydrogen-bond acceptors (Lipinski definition) is 5. The molecule has 0 saturated carbocycles. The van der Waals surface area contributed by atoms with Gasteiger partial charge in [-0.3, -0.25) is 4.79 Å². The van der Waals surface area contributed by atoms with Crippen molar-refractivity contribution in [1.29, 1.82) is 0 Å². The van der Waals surface area contributed by atoms with Crippen molar-refractivity contribution in [2.75, 3.05) is 0 Å². The van der Waals surface area contributed by atoms with Crippen LogP contribution >= 0.6 is 22.9 Å². The van der Waals surface area contributed by atoms with E-state index >= 15 is 0 Å². The fourth-order valence-electron chi connectivity index (χ4n) is 2.74. The van der Waals surface area contributed by atoms with Crippen molar-refractivity contribution >= 4 is 28.8 Å². The Morgan fingerprint density at radius 3 is 3.08 bits per heavy atom. The number of carbonyl (C=O) groups excluding carboxylic acids is 1. The van der Waals surface area contributed by atoms with Crippen LogP contribution < -0.4 is 10.1 Å². The predicted molar refractivity (Wildman–Crippen MR) is 96.0 cm³/mol. The molecule has 5 nitrogen and oxygen atoms in total. The molecule has 1 N–H and O–H groups in total. The maximum Gasteiger partial charge on any atom is 0.261 e. The predicted octanol–water partition coefficient (Wildman–Crippen LogP) is 3.98. The molecule has 1 aliphatic heterocycles. The van der Waals surface area contributed by atoms with Gasteiger partial charge in [-0.2, -0.15) is 0 Å². The highest BCUT2D eigenvalue weighted by Crippen LogP contribution is 2.31. The van der Waals surface area contributed by atoms with Crippen LogP contribution in [0.4, 0.5) is 0 Å². The standard InChI is InChI=1S/C18H15ClN2O3S/c1-10-21-14(9-25-10)16-5-3-13(23-16)8-20-18(22)17-7-11-6-12(19)2-4-15(11)24-17/h2-6,9,17H,7-8H2,1H3,(H,20,22). The number of aromatic nitrogens is 1. The Kier molecular flexibility index (Phi) is 4.23. The third-order valence-electron chi connectivity index (χ3n) is 3.96. The summed E-state index contributed by atoms with van der Waals surface area (Å²) in [6.07, 6.45) is -0.0208. The van der Waals surface area contributed by atoms with E-state index in [4.69, 9.17) is 20.8 Å². The number of hydrogen-bond donors (Lipinski definition) is 1. The zero-order chi connectivity index (χ0) is 17.4. The molecular formula is C18H15ClN2O3S. The number of thiazole rings is 1. The Morgan fingerprint density at radius 1 is 1.40 bits per heavy atom. The van der Waals surface area contributed by atoms with Gasteiger partial charge in [0.15, 0.2) is 11.9 Å². The van der Waals surface area contributed by atoms with E-state index in [0.717, 1.165) is 16.3 Å². The highest BCUT2D eigenvalue weighted by Gasteiger charge is 2.29. The Morgan fingerprint density at radius 2 is 2.28 bits per heavy atom. The lowest BCUT2D eigenvalue weighted by Crippen LogP contribution is -2.36. The van der Waals surface area contributed by atoms with Crippen molar-refractivity contribution in [2.45, 2.75) is 26.0 Å². The van der Waals surface area contributed by atoms with E-state index in [1.807, 2.05) is 30.5 Å². The average Bonchev–Trinajstić information content (AvgIpc) is 3.30. The lowest BCUT2D eigenvalue weighted by Gasteiger charge is -2.10. The summed E-state index contributed by atoms with van der Waals surface area (Å²) >= 11 is 7.55. The molecule has 3 aromatic rings. The zero-order valence-electron chi connectivity index (χ0n) is 13.4. The Hall–Kier alpha value is -2.31. The molecule has 2 aromatic heterocycles. The Bertz CT molecular complexity index is 934. The van der Waals surface area contributed by atoms with Crippen molar-refractivity contribution in [3.63, 3.8) is 0 Å². The van der Waals surface area contributed by atoms with Gasteiger partial charge in [0, 0.05) is 16.8 Å². The first kappa shape index (κ1) is 16.2. The number of furan rings is 1. The summed E-state index contributed by atoms with van der Waals surface area (Å²) in [5, 5.41) is 6.43. The minimum absolute atomic E-state index is 0.172. The fraction of sp³-hybridized carbons (Fsp3) is 0.222. The average molecular weight is 375 g/mol. The number of amides is 1. The van der Waals surface area contributed by atoms with Gasteiger partial charge in [-0.05, 0) is 42.8 Å². The largest absolute Gasteiger partial charge is 0.480 e. The van der Waals surface area contributed by atoms with E-state index in [1.165, 1.54) is 0 Å². The van der Waals surface area contributed by atoms with Gasteiger partial charge < -0.3 is 14.5 Å². The minimum Gasteiger partial charge on any atom is -0.480 e. The molecule has 7 heteroatoms. The molecule has 3 heterocycles. The van der Waals surface area contributed by atoms with Gasteiger partial charge in [0.05, 0.1) is 11.6 Å². The van der Waals surface area contributed by atoms with Gasteiger partial charge in [0.25, 0.3) is 5.91 Å². The van der Waals surface area contributed by atoms with Gasteiger partial charge in [0.2, 0.25) is 0 Å². The molecule has 1 amide bonds. The zero-order valence-corrected chi connectivity index (χ0v) is 15.0. The second-order valence-electron chi connectivity index (χ2n) is 5.80. The van der Waals surface area contributed by atoms with Crippen LogP contribution in [0.15, 0.2) is 40.1 Å². The number of nitrogens with zero attached hydrogens (tertiary/aromatic N) is 1.